The van der Waals surface area contributed by atoms with Gasteiger partial charge in [0, 0.05) is 0 Å². The number of carbonyl (C=O) groups excluding carboxylic acids is 1. The first-order valence-corrected chi connectivity index (χ1v) is 7.61. The highest BCUT2D eigenvalue weighted by molar-refractivity contribution is 7.80. The minimum atomic E-state index is -0.620. The molecule has 124 valence electrons. The van der Waals surface area contributed by atoms with Gasteiger partial charge in [0.05, 0.1) is 11.3 Å². The van der Waals surface area contributed by atoms with Crippen molar-refractivity contribution in [2.24, 2.45) is 0 Å². The number of amides is 1. The van der Waals surface area contributed by atoms with E-state index in [0.29, 0.717) is 18.0 Å². The summed E-state index contributed by atoms with van der Waals surface area (Å²) in [6.45, 7) is 6.00. The highest BCUT2D eigenvalue weighted by Gasteiger charge is 2.13. The van der Waals surface area contributed by atoms with Crippen molar-refractivity contribution in [3.05, 3.63) is 72.1 Å². The average Bonchev–Trinajstić information content (AvgIpc) is 2.54. The van der Waals surface area contributed by atoms with E-state index < -0.39 is 11.7 Å². The fourth-order valence-corrected chi connectivity index (χ4v) is 2.07. The van der Waals surface area contributed by atoms with Crippen LogP contribution < -0.4 is 15.4 Å². The predicted octanol–water partition coefficient (Wildman–Crippen LogP) is 3.91. The van der Waals surface area contributed by atoms with Gasteiger partial charge in [0.1, 0.15) is 18.2 Å². The van der Waals surface area contributed by atoms with Gasteiger partial charge in [-0.25, -0.2) is 4.39 Å². The third kappa shape index (κ3) is 4.89. The monoisotopic (exact) mass is 344 g/mol. The molecule has 0 unspecified atom stereocenters. The SMILES string of the molecule is C=C(C)COc1ccccc1NC(=S)NC(=O)c1ccccc1F. The second-order valence-electron chi connectivity index (χ2n) is 5.13. The van der Waals surface area contributed by atoms with Crippen molar-refractivity contribution in [2.75, 3.05) is 11.9 Å². The van der Waals surface area contributed by atoms with Gasteiger partial charge in [0.25, 0.3) is 5.91 Å². The fraction of sp³-hybridized carbons (Fsp3) is 0.111. The molecule has 4 nitrogen and oxygen atoms in total. The van der Waals surface area contributed by atoms with E-state index >= 15 is 0 Å². The molecular weight excluding hydrogens is 327 g/mol. The van der Waals surface area contributed by atoms with Crippen molar-refractivity contribution in [2.45, 2.75) is 6.92 Å². The lowest BCUT2D eigenvalue weighted by molar-refractivity contribution is 0.0974. The summed E-state index contributed by atoms with van der Waals surface area (Å²) in [5.74, 6) is -0.656. The molecule has 0 bridgehead atoms. The van der Waals surface area contributed by atoms with Crippen LogP contribution in [0.1, 0.15) is 17.3 Å². The van der Waals surface area contributed by atoms with Crippen LogP contribution in [-0.4, -0.2) is 17.6 Å². The number of carbonyl (C=O) groups is 1. The predicted molar refractivity (Wildman–Crippen MR) is 96.8 cm³/mol. The second-order valence-corrected chi connectivity index (χ2v) is 5.54. The number of hydrogen-bond donors (Lipinski definition) is 2. The molecule has 0 aliphatic rings. The normalized spacial score (nSPS) is 9.92. The Morgan fingerprint density at radius 1 is 1.21 bits per heavy atom. The Balaban J connectivity index is 2.04. The molecule has 2 N–H and O–H groups in total. The third-order valence-electron chi connectivity index (χ3n) is 2.95. The topological polar surface area (TPSA) is 50.4 Å². The Morgan fingerprint density at radius 2 is 1.88 bits per heavy atom. The van der Waals surface area contributed by atoms with Gasteiger partial charge in [0.2, 0.25) is 0 Å². The zero-order chi connectivity index (χ0) is 17.5. The maximum absolute atomic E-state index is 13.6. The van der Waals surface area contributed by atoms with Crippen molar-refractivity contribution >= 4 is 28.9 Å². The maximum Gasteiger partial charge on any atom is 0.260 e. The maximum atomic E-state index is 13.6. The molecule has 0 saturated heterocycles. The Morgan fingerprint density at radius 3 is 2.58 bits per heavy atom. The minimum Gasteiger partial charge on any atom is -0.487 e. The molecule has 0 spiro atoms. The number of rotatable bonds is 5. The first-order valence-electron chi connectivity index (χ1n) is 7.20. The van der Waals surface area contributed by atoms with Crippen LogP contribution in [-0.2, 0) is 0 Å². The van der Waals surface area contributed by atoms with E-state index in [-0.39, 0.29) is 10.7 Å². The van der Waals surface area contributed by atoms with Crippen LogP contribution in [0.5, 0.6) is 5.75 Å². The molecule has 0 fully saturated rings. The standard InChI is InChI=1S/C18H17FN2O2S/c1-12(2)11-23-16-10-6-5-9-15(16)20-18(24)21-17(22)13-7-3-4-8-14(13)19/h3-10H,1,11H2,2H3,(H2,20,21,22,24). The smallest absolute Gasteiger partial charge is 0.260 e. The van der Waals surface area contributed by atoms with Crippen molar-refractivity contribution in [1.29, 1.82) is 0 Å². The molecule has 0 radical (unpaired) electrons. The summed E-state index contributed by atoms with van der Waals surface area (Å²) in [5.41, 5.74) is 1.39. The van der Waals surface area contributed by atoms with Gasteiger partial charge in [-0.05, 0) is 49.0 Å². The molecule has 2 aromatic rings. The van der Waals surface area contributed by atoms with Crippen LogP contribution in [0.15, 0.2) is 60.7 Å². The second kappa shape index (κ2) is 8.21. The Kier molecular flexibility index (Phi) is 6.03. The highest BCUT2D eigenvalue weighted by atomic mass is 32.1. The van der Waals surface area contributed by atoms with Gasteiger partial charge in [-0.2, -0.15) is 0 Å². The lowest BCUT2D eigenvalue weighted by atomic mass is 10.2. The summed E-state index contributed by atoms with van der Waals surface area (Å²) in [4.78, 5) is 12.0. The number of para-hydroxylation sites is 2. The van der Waals surface area contributed by atoms with Crippen LogP contribution in [0.2, 0.25) is 0 Å². The molecule has 0 aliphatic heterocycles. The summed E-state index contributed by atoms with van der Waals surface area (Å²) in [6, 6.07) is 12.8. The van der Waals surface area contributed by atoms with E-state index in [1.165, 1.54) is 18.2 Å². The Hall–Kier alpha value is -2.73. The lowest BCUT2D eigenvalue weighted by Gasteiger charge is -2.14. The molecule has 0 aromatic heterocycles. The van der Waals surface area contributed by atoms with Crippen molar-refractivity contribution in [3.8, 4) is 5.75 Å². The molecule has 0 saturated carbocycles. The van der Waals surface area contributed by atoms with Crippen LogP contribution in [0, 0.1) is 5.82 Å². The van der Waals surface area contributed by atoms with E-state index in [0.717, 1.165) is 5.57 Å². The summed E-state index contributed by atoms with van der Waals surface area (Å²) in [7, 11) is 0. The Bertz CT molecular complexity index is 777. The quantitative estimate of drug-likeness (QED) is 0.638. The van der Waals surface area contributed by atoms with Crippen LogP contribution in [0.4, 0.5) is 10.1 Å². The third-order valence-corrected chi connectivity index (χ3v) is 3.16. The molecule has 0 heterocycles. The lowest BCUT2D eigenvalue weighted by Crippen LogP contribution is -2.34. The highest BCUT2D eigenvalue weighted by Crippen LogP contribution is 2.24. The molecule has 6 heteroatoms. The molecular formula is C18H17FN2O2S. The van der Waals surface area contributed by atoms with Crippen LogP contribution in [0.25, 0.3) is 0 Å². The number of nitrogens with one attached hydrogen (secondary N) is 2. The first kappa shape index (κ1) is 17.6. The van der Waals surface area contributed by atoms with E-state index in [4.69, 9.17) is 17.0 Å². The fourth-order valence-electron chi connectivity index (χ4n) is 1.87. The number of benzene rings is 2. The average molecular weight is 344 g/mol. The van der Waals surface area contributed by atoms with Gasteiger partial charge in [-0.1, -0.05) is 30.8 Å². The molecule has 1 amide bonds. The van der Waals surface area contributed by atoms with Crippen molar-refractivity contribution in [1.82, 2.24) is 5.32 Å². The summed E-state index contributed by atoms with van der Waals surface area (Å²) >= 11 is 5.11. The number of halogens is 1. The molecule has 0 aliphatic carbocycles. The van der Waals surface area contributed by atoms with E-state index in [1.54, 1.807) is 24.3 Å². The van der Waals surface area contributed by atoms with Crippen LogP contribution in [0.3, 0.4) is 0 Å². The number of thiocarbonyl (C=S) groups is 1. The van der Waals surface area contributed by atoms with Crippen LogP contribution >= 0.6 is 12.2 Å². The summed E-state index contributed by atoms with van der Waals surface area (Å²) < 4.78 is 19.2. The number of hydrogen-bond acceptors (Lipinski definition) is 3. The van der Waals surface area contributed by atoms with Gasteiger partial charge in [-0.3, -0.25) is 10.1 Å². The molecule has 2 aromatic carbocycles. The van der Waals surface area contributed by atoms with E-state index in [2.05, 4.69) is 17.2 Å². The van der Waals surface area contributed by atoms with Gasteiger partial charge in [0.15, 0.2) is 5.11 Å². The summed E-state index contributed by atoms with van der Waals surface area (Å²) in [5, 5.41) is 5.37. The minimum absolute atomic E-state index is 0.0506. The van der Waals surface area contributed by atoms with Crippen molar-refractivity contribution < 1.29 is 13.9 Å². The molecule has 24 heavy (non-hydrogen) atoms. The molecule has 0 atom stereocenters. The van der Waals surface area contributed by atoms with Gasteiger partial charge < -0.3 is 10.1 Å². The van der Waals surface area contributed by atoms with Gasteiger partial charge in [-0.15, -0.1) is 0 Å². The number of anilines is 1. The number of ether oxygens (including phenoxy) is 1. The largest absolute Gasteiger partial charge is 0.487 e. The molecule has 2 rings (SSSR count). The Labute approximate surface area is 145 Å². The zero-order valence-corrected chi connectivity index (χ0v) is 14.0. The summed E-state index contributed by atoms with van der Waals surface area (Å²) in [6.07, 6.45) is 0. The zero-order valence-electron chi connectivity index (χ0n) is 13.1. The van der Waals surface area contributed by atoms with Gasteiger partial charge >= 0.3 is 0 Å². The van der Waals surface area contributed by atoms with Crippen molar-refractivity contribution in [3.63, 3.8) is 0 Å². The first-order chi connectivity index (χ1) is 11.5. The van der Waals surface area contributed by atoms with E-state index in [9.17, 15) is 9.18 Å². The van der Waals surface area contributed by atoms with E-state index in [1.807, 2.05) is 13.0 Å².